The molecule has 20 heavy (non-hydrogen) atoms. The topological polar surface area (TPSA) is 56.5 Å². The Hall–Kier alpha value is -1.92. The van der Waals surface area contributed by atoms with Crippen LogP contribution in [0.15, 0.2) is 28.8 Å². The molecule has 0 saturated carbocycles. The number of rotatable bonds is 7. The largest absolute Gasteiger partial charge is 0.494 e. The predicted molar refractivity (Wildman–Crippen MR) is 72.0 cm³/mol. The van der Waals surface area contributed by atoms with Crippen molar-refractivity contribution in [2.75, 3.05) is 27.4 Å². The third-order valence-corrected chi connectivity index (χ3v) is 2.75. The van der Waals surface area contributed by atoms with Crippen molar-refractivity contribution in [3.63, 3.8) is 0 Å². The van der Waals surface area contributed by atoms with Crippen LogP contribution in [0.3, 0.4) is 0 Å². The number of hydrogen-bond acceptors (Lipinski definition) is 5. The van der Waals surface area contributed by atoms with Crippen LogP contribution in [0.5, 0.6) is 5.75 Å². The van der Waals surface area contributed by atoms with Gasteiger partial charge >= 0.3 is 0 Å². The second-order valence-corrected chi connectivity index (χ2v) is 4.14. The van der Waals surface area contributed by atoms with E-state index in [1.165, 1.54) is 13.2 Å². The van der Waals surface area contributed by atoms with Gasteiger partial charge in [0.25, 0.3) is 0 Å². The van der Waals surface area contributed by atoms with Gasteiger partial charge in [-0.25, -0.2) is 9.37 Å². The minimum Gasteiger partial charge on any atom is -0.494 e. The number of benzene rings is 1. The first-order valence-electron chi connectivity index (χ1n) is 6.23. The molecular weight excluding hydrogens is 263 g/mol. The van der Waals surface area contributed by atoms with Crippen LogP contribution >= 0.6 is 0 Å². The van der Waals surface area contributed by atoms with E-state index in [1.807, 2.05) is 0 Å². The van der Waals surface area contributed by atoms with Crippen molar-refractivity contribution in [1.82, 2.24) is 10.3 Å². The van der Waals surface area contributed by atoms with E-state index >= 15 is 0 Å². The van der Waals surface area contributed by atoms with Gasteiger partial charge in [0.1, 0.15) is 0 Å². The normalized spacial score (nSPS) is 10.8. The van der Waals surface area contributed by atoms with Crippen molar-refractivity contribution in [2.24, 2.45) is 0 Å². The minimum absolute atomic E-state index is 0.179. The third kappa shape index (κ3) is 3.55. The molecule has 0 aliphatic heterocycles. The summed E-state index contributed by atoms with van der Waals surface area (Å²) in [6.07, 6.45) is 1.61. The van der Waals surface area contributed by atoms with Crippen LogP contribution in [0.2, 0.25) is 0 Å². The maximum absolute atomic E-state index is 13.3. The van der Waals surface area contributed by atoms with Crippen LogP contribution in [0.1, 0.15) is 5.89 Å². The fourth-order valence-electron chi connectivity index (χ4n) is 1.71. The zero-order valence-electron chi connectivity index (χ0n) is 11.5. The zero-order chi connectivity index (χ0) is 14.4. The van der Waals surface area contributed by atoms with Gasteiger partial charge in [-0.3, -0.25) is 0 Å². The van der Waals surface area contributed by atoms with Gasteiger partial charge < -0.3 is 19.2 Å². The van der Waals surface area contributed by atoms with Gasteiger partial charge in [-0.1, -0.05) is 0 Å². The van der Waals surface area contributed by atoms with E-state index in [1.54, 1.807) is 25.4 Å². The van der Waals surface area contributed by atoms with Crippen LogP contribution in [-0.4, -0.2) is 32.4 Å². The fraction of sp³-hybridized carbons (Fsp3) is 0.357. The molecule has 0 spiro atoms. The number of nitrogens with zero attached hydrogens (tertiary/aromatic N) is 1. The monoisotopic (exact) mass is 280 g/mol. The summed E-state index contributed by atoms with van der Waals surface area (Å²) in [6, 6.07) is 4.55. The molecular formula is C14H17FN2O3. The highest BCUT2D eigenvalue weighted by Gasteiger charge is 2.09. The molecule has 0 radical (unpaired) electrons. The highest BCUT2D eigenvalue weighted by molar-refractivity contribution is 5.59. The first kappa shape index (κ1) is 14.5. The summed E-state index contributed by atoms with van der Waals surface area (Å²) in [4.78, 5) is 4.16. The Bertz CT molecular complexity index is 557. The maximum atomic E-state index is 13.3. The molecule has 1 aromatic heterocycles. The van der Waals surface area contributed by atoms with E-state index in [0.717, 1.165) is 12.1 Å². The average molecular weight is 280 g/mol. The van der Waals surface area contributed by atoms with Gasteiger partial charge in [0.2, 0.25) is 5.89 Å². The highest BCUT2D eigenvalue weighted by atomic mass is 19.1. The van der Waals surface area contributed by atoms with Crippen molar-refractivity contribution in [1.29, 1.82) is 0 Å². The Morgan fingerprint density at radius 1 is 1.35 bits per heavy atom. The summed E-state index contributed by atoms with van der Waals surface area (Å²) in [5, 5.41) is 3.13. The lowest BCUT2D eigenvalue weighted by atomic mass is 10.2. The number of nitrogens with one attached hydrogen (secondary N) is 1. The van der Waals surface area contributed by atoms with Crippen molar-refractivity contribution >= 4 is 0 Å². The summed E-state index contributed by atoms with van der Waals surface area (Å²) in [6.45, 7) is 1.86. The SMILES string of the molecule is COCCNCc1ncc(-c2ccc(F)c(OC)c2)o1. The minimum atomic E-state index is -0.405. The van der Waals surface area contributed by atoms with Crippen molar-refractivity contribution in [3.05, 3.63) is 36.1 Å². The summed E-state index contributed by atoms with van der Waals surface area (Å²) in [7, 11) is 3.07. The molecule has 1 aromatic carbocycles. The summed E-state index contributed by atoms with van der Waals surface area (Å²) in [5.41, 5.74) is 0.721. The number of oxazole rings is 1. The molecule has 5 nitrogen and oxygen atoms in total. The standard InChI is InChI=1S/C14H17FN2O3/c1-18-6-5-16-9-14-17-8-13(20-14)10-3-4-11(15)12(7-10)19-2/h3-4,7-8,16H,5-6,9H2,1-2H3. The first-order chi connectivity index (χ1) is 9.74. The average Bonchev–Trinajstić information content (AvgIpc) is 2.93. The van der Waals surface area contributed by atoms with Gasteiger partial charge in [-0.15, -0.1) is 0 Å². The lowest BCUT2D eigenvalue weighted by molar-refractivity contribution is 0.198. The molecule has 2 rings (SSSR count). The molecule has 6 heteroatoms. The first-order valence-corrected chi connectivity index (χ1v) is 6.23. The molecule has 2 aromatic rings. The molecule has 0 bridgehead atoms. The van der Waals surface area contributed by atoms with Crippen molar-refractivity contribution in [2.45, 2.75) is 6.54 Å². The fourth-order valence-corrected chi connectivity index (χ4v) is 1.71. The number of hydrogen-bond donors (Lipinski definition) is 1. The molecule has 0 atom stereocenters. The van der Waals surface area contributed by atoms with E-state index < -0.39 is 5.82 Å². The quantitative estimate of drug-likeness (QED) is 0.788. The molecule has 108 valence electrons. The molecule has 1 N–H and O–H groups in total. The number of aromatic nitrogens is 1. The van der Waals surface area contributed by atoms with Gasteiger partial charge in [-0.2, -0.15) is 0 Å². The summed E-state index contributed by atoms with van der Waals surface area (Å²) in [5.74, 6) is 0.919. The van der Waals surface area contributed by atoms with Crippen LogP contribution in [0.25, 0.3) is 11.3 Å². The van der Waals surface area contributed by atoms with Crippen LogP contribution in [0.4, 0.5) is 4.39 Å². The Morgan fingerprint density at radius 2 is 2.20 bits per heavy atom. The maximum Gasteiger partial charge on any atom is 0.208 e. The summed E-state index contributed by atoms with van der Waals surface area (Å²) >= 11 is 0. The molecule has 0 aliphatic carbocycles. The van der Waals surface area contributed by atoms with Crippen molar-refractivity contribution < 1.29 is 18.3 Å². The Kier molecular flexibility index (Phi) is 5.09. The molecule has 0 saturated heterocycles. The second kappa shape index (κ2) is 7.02. The number of ether oxygens (including phenoxy) is 2. The second-order valence-electron chi connectivity index (χ2n) is 4.14. The van der Waals surface area contributed by atoms with Crippen molar-refractivity contribution in [3.8, 4) is 17.1 Å². The predicted octanol–water partition coefficient (Wildman–Crippen LogP) is 2.23. The highest BCUT2D eigenvalue weighted by Crippen LogP contribution is 2.26. The summed E-state index contributed by atoms with van der Waals surface area (Å²) < 4.78 is 28.8. The lowest BCUT2D eigenvalue weighted by Gasteiger charge is -2.03. The van der Waals surface area contributed by atoms with E-state index in [9.17, 15) is 4.39 Å². The Morgan fingerprint density at radius 3 is 2.95 bits per heavy atom. The number of halogens is 1. The molecule has 0 aliphatic rings. The van der Waals surface area contributed by atoms with E-state index in [2.05, 4.69) is 10.3 Å². The van der Waals surface area contributed by atoms with Crippen LogP contribution < -0.4 is 10.1 Å². The van der Waals surface area contributed by atoms with Gasteiger partial charge in [0.15, 0.2) is 17.3 Å². The molecule has 0 unspecified atom stereocenters. The van der Waals surface area contributed by atoms with E-state index in [-0.39, 0.29) is 5.75 Å². The van der Waals surface area contributed by atoms with E-state index in [0.29, 0.717) is 24.8 Å². The lowest BCUT2D eigenvalue weighted by Crippen LogP contribution is -2.18. The smallest absolute Gasteiger partial charge is 0.208 e. The molecule has 1 heterocycles. The Balaban J connectivity index is 2.04. The third-order valence-electron chi connectivity index (χ3n) is 2.75. The zero-order valence-corrected chi connectivity index (χ0v) is 11.5. The van der Waals surface area contributed by atoms with Gasteiger partial charge in [0, 0.05) is 19.2 Å². The van der Waals surface area contributed by atoms with Gasteiger partial charge in [-0.05, 0) is 18.2 Å². The van der Waals surface area contributed by atoms with Crippen LogP contribution in [-0.2, 0) is 11.3 Å². The van der Waals surface area contributed by atoms with E-state index in [4.69, 9.17) is 13.9 Å². The molecule has 0 amide bonds. The van der Waals surface area contributed by atoms with Gasteiger partial charge in [0.05, 0.1) is 26.5 Å². The Labute approximate surface area is 116 Å². The number of methoxy groups -OCH3 is 2. The molecule has 0 fully saturated rings. The van der Waals surface area contributed by atoms with Crippen LogP contribution in [0, 0.1) is 5.82 Å².